The highest BCUT2D eigenvalue weighted by atomic mass is 31.2. The first kappa shape index (κ1) is 52.4. The monoisotopic (exact) mass is 810 g/mol. The van der Waals surface area contributed by atoms with Crippen LogP contribution in [-0.2, 0) is 18.4 Å². The van der Waals surface area contributed by atoms with Crippen molar-refractivity contribution in [1.29, 1.82) is 0 Å². The SMILES string of the molecule is CCCCCCCCCCCCCCCCCC[C@@H](O)[C@H](COP(=O)(O)OC1C(O)C(O)C(O)[C@@H](O)C1O)NC(=O)CCCCCCCCCCCCCC. The molecule has 1 fully saturated rings. The first-order valence-electron chi connectivity index (χ1n) is 22.5. The van der Waals surface area contributed by atoms with Crippen molar-refractivity contribution in [1.82, 2.24) is 5.32 Å². The number of hydrogen-bond acceptors (Lipinski definition) is 10. The Labute approximate surface area is 334 Å². The number of amides is 1. The molecule has 1 aliphatic carbocycles. The van der Waals surface area contributed by atoms with Crippen molar-refractivity contribution in [2.75, 3.05) is 6.61 Å². The van der Waals surface area contributed by atoms with Crippen molar-refractivity contribution in [2.45, 2.75) is 255 Å². The largest absolute Gasteiger partial charge is 0.472 e. The van der Waals surface area contributed by atoms with Gasteiger partial charge in [0.2, 0.25) is 5.91 Å². The van der Waals surface area contributed by atoms with Gasteiger partial charge in [0.1, 0.15) is 36.6 Å². The zero-order valence-corrected chi connectivity index (χ0v) is 35.6. The molecule has 1 saturated carbocycles. The summed E-state index contributed by atoms with van der Waals surface area (Å²) in [5, 5.41) is 64.0. The lowest BCUT2D eigenvalue weighted by atomic mass is 9.85. The number of rotatable bonds is 37. The molecule has 328 valence electrons. The molecule has 0 aliphatic heterocycles. The van der Waals surface area contributed by atoms with E-state index in [4.69, 9.17) is 9.05 Å². The minimum Gasteiger partial charge on any atom is -0.391 e. The van der Waals surface area contributed by atoms with E-state index in [-0.39, 0.29) is 12.3 Å². The van der Waals surface area contributed by atoms with Crippen LogP contribution in [0.1, 0.15) is 206 Å². The first-order valence-corrected chi connectivity index (χ1v) is 24.0. The van der Waals surface area contributed by atoms with Crippen LogP contribution >= 0.6 is 7.82 Å². The van der Waals surface area contributed by atoms with Gasteiger partial charge in [-0.05, 0) is 12.8 Å². The second-order valence-electron chi connectivity index (χ2n) is 16.3. The van der Waals surface area contributed by atoms with Crippen LogP contribution in [0, 0.1) is 0 Å². The standard InChI is InChI=1S/C42H84NO11P/c1-3-5-7-9-11-13-15-17-18-19-20-21-23-25-27-29-31-35(44)34(43-36(45)32-30-28-26-24-22-16-14-12-10-8-6-4-2)33-53-55(51,52)54-42-40(49)38(47)37(46)39(48)41(42)50/h34-35,37-42,44,46-50H,3-33H2,1-2H3,(H,43,45)(H,51,52)/t34-,35+,37?,38+,39?,40?,41?,42?/m0/s1. The molecule has 0 aromatic carbocycles. The van der Waals surface area contributed by atoms with Crippen LogP contribution in [0.3, 0.4) is 0 Å². The van der Waals surface area contributed by atoms with Crippen LogP contribution in [-0.4, -0.2) is 96.8 Å². The molecule has 1 rings (SSSR count). The van der Waals surface area contributed by atoms with Crippen LogP contribution in [0.5, 0.6) is 0 Å². The third-order valence-electron chi connectivity index (χ3n) is 11.2. The predicted octanol–water partition coefficient (Wildman–Crippen LogP) is 7.90. The number of nitrogens with one attached hydrogen (secondary N) is 1. The smallest absolute Gasteiger partial charge is 0.391 e. The summed E-state index contributed by atoms with van der Waals surface area (Å²) in [5.41, 5.74) is 0. The molecule has 55 heavy (non-hydrogen) atoms. The van der Waals surface area contributed by atoms with Crippen LogP contribution in [0.2, 0.25) is 0 Å². The van der Waals surface area contributed by atoms with Gasteiger partial charge >= 0.3 is 7.82 Å². The number of phosphoric acid groups is 1. The number of carbonyl (C=O) groups is 1. The van der Waals surface area contributed by atoms with E-state index in [9.17, 15) is 44.9 Å². The maximum Gasteiger partial charge on any atom is 0.472 e. The minimum atomic E-state index is -5.05. The van der Waals surface area contributed by atoms with Gasteiger partial charge in [-0.25, -0.2) is 4.57 Å². The van der Waals surface area contributed by atoms with E-state index >= 15 is 0 Å². The van der Waals surface area contributed by atoms with Gasteiger partial charge in [0, 0.05) is 6.42 Å². The van der Waals surface area contributed by atoms with Gasteiger partial charge < -0.3 is 40.8 Å². The second kappa shape index (κ2) is 33.2. The summed E-state index contributed by atoms with van der Waals surface area (Å²) >= 11 is 0. The number of phosphoric ester groups is 1. The highest BCUT2D eigenvalue weighted by molar-refractivity contribution is 7.47. The van der Waals surface area contributed by atoms with E-state index in [0.717, 1.165) is 38.5 Å². The van der Waals surface area contributed by atoms with Gasteiger partial charge in [0.05, 0.1) is 18.8 Å². The zero-order chi connectivity index (χ0) is 40.7. The van der Waals surface area contributed by atoms with E-state index in [0.29, 0.717) is 19.3 Å². The van der Waals surface area contributed by atoms with Crippen LogP contribution < -0.4 is 5.32 Å². The molecule has 8 N–H and O–H groups in total. The molecule has 0 aromatic heterocycles. The molecule has 6 unspecified atom stereocenters. The van der Waals surface area contributed by atoms with Gasteiger partial charge in [0.25, 0.3) is 0 Å². The van der Waals surface area contributed by atoms with Crippen LogP contribution in [0.15, 0.2) is 0 Å². The van der Waals surface area contributed by atoms with E-state index in [1.54, 1.807) is 0 Å². The summed E-state index contributed by atoms with van der Waals surface area (Å²) in [4.78, 5) is 23.3. The molecule has 12 nitrogen and oxygen atoms in total. The Morgan fingerprint density at radius 1 is 0.545 bits per heavy atom. The van der Waals surface area contributed by atoms with Gasteiger partial charge in [0.15, 0.2) is 0 Å². The summed E-state index contributed by atoms with van der Waals surface area (Å²) in [5.74, 6) is -0.307. The normalized spacial score (nSPS) is 23.7. The molecule has 13 heteroatoms. The molecule has 9 atom stereocenters. The Balaban J connectivity index is 2.48. The Morgan fingerprint density at radius 3 is 1.25 bits per heavy atom. The molecule has 0 radical (unpaired) electrons. The Hall–Kier alpha value is -0.660. The quantitative estimate of drug-likeness (QED) is 0.0224. The van der Waals surface area contributed by atoms with E-state index in [2.05, 4.69) is 19.2 Å². The van der Waals surface area contributed by atoms with Crippen LogP contribution in [0.25, 0.3) is 0 Å². The van der Waals surface area contributed by atoms with Crippen LogP contribution in [0.4, 0.5) is 0 Å². The highest BCUT2D eigenvalue weighted by Gasteiger charge is 2.51. The number of hydrogen-bond donors (Lipinski definition) is 8. The fourth-order valence-electron chi connectivity index (χ4n) is 7.44. The minimum absolute atomic E-state index is 0.242. The summed E-state index contributed by atoms with van der Waals surface area (Å²) in [6, 6.07) is -1.02. The average Bonchev–Trinajstić information content (AvgIpc) is 3.16. The zero-order valence-electron chi connectivity index (χ0n) is 34.7. The van der Waals surface area contributed by atoms with E-state index in [1.165, 1.54) is 128 Å². The molecule has 1 aliphatic rings. The maximum atomic E-state index is 12.9. The lowest BCUT2D eigenvalue weighted by Gasteiger charge is -2.41. The average molecular weight is 810 g/mol. The van der Waals surface area contributed by atoms with Gasteiger partial charge in [-0.15, -0.1) is 0 Å². The van der Waals surface area contributed by atoms with E-state index < -0.39 is 63.2 Å². The molecular formula is C42H84NO11P. The Kier molecular flexibility index (Phi) is 31.6. The lowest BCUT2D eigenvalue weighted by molar-refractivity contribution is -0.220. The first-order chi connectivity index (χ1) is 26.4. The molecule has 0 bridgehead atoms. The fourth-order valence-corrected chi connectivity index (χ4v) is 8.40. The molecule has 1 amide bonds. The molecule has 0 aromatic rings. The number of unbranched alkanes of at least 4 members (excludes halogenated alkanes) is 26. The van der Waals surface area contributed by atoms with Gasteiger partial charge in [-0.3, -0.25) is 13.8 Å². The van der Waals surface area contributed by atoms with Crippen molar-refractivity contribution in [2.24, 2.45) is 0 Å². The van der Waals surface area contributed by atoms with Crippen molar-refractivity contribution < 1.29 is 53.9 Å². The third kappa shape index (κ3) is 25.4. The van der Waals surface area contributed by atoms with Crippen molar-refractivity contribution >= 4 is 13.7 Å². The number of aliphatic hydroxyl groups is 6. The molecule has 0 saturated heterocycles. The Morgan fingerprint density at radius 2 is 0.873 bits per heavy atom. The number of aliphatic hydroxyl groups excluding tert-OH is 6. The van der Waals surface area contributed by atoms with Crippen molar-refractivity contribution in [3.8, 4) is 0 Å². The fraction of sp³-hybridized carbons (Fsp3) is 0.976. The van der Waals surface area contributed by atoms with Crippen molar-refractivity contribution in [3.05, 3.63) is 0 Å². The molecular weight excluding hydrogens is 725 g/mol. The summed E-state index contributed by atoms with van der Waals surface area (Å²) in [7, 11) is -5.05. The molecule has 0 spiro atoms. The molecule has 0 heterocycles. The summed E-state index contributed by atoms with van der Waals surface area (Å²) in [6.07, 6.45) is 21.3. The van der Waals surface area contributed by atoms with E-state index in [1.807, 2.05) is 0 Å². The lowest BCUT2D eigenvalue weighted by Crippen LogP contribution is -2.64. The highest BCUT2D eigenvalue weighted by Crippen LogP contribution is 2.47. The predicted molar refractivity (Wildman–Crippen MR) is 218 cm³/mol. The second-order valence-corrected chi connectivity index (χ2v) is 17.7. The maximum absolute atomic E-state index is 12.9. The van der Waals surface area contributed by atoms with Crippen molar-refractivity contribution in [3.63, 3.8) is 0 Å². The Bertz CT molecular complexity index is 946. The van der Waals surface area contributed by atoms with Gasteiger partial charge in [-0.2, -0.15) is 0 Å². The summed E-state index contributed by atoms with van der Waals surface area (Å²) < 4.78 is 22.9. The van der Waals surface area contributed by atoms with Gasteiger partial charge in [-0.1, -0.05) is 187 Å². The number of carbonyl (C=O) groups excluding carboxylic acids is 1. The topological polar surface area (TPSA) is 206 Å². The third-order valence-corrected chi connectivity index (χ3v) is 12.2. The summed E-state index contributed by atoms with van der Waals surface area (Å²) in [6.45, 7) is 3.88.